The van der Waals surface area contributed by atoms with Gasteiger partial charge in [-0.25, -0.2) is 4.79 Å². The number of rotatable bonds is 17. The highest BCUT2D eigenvalue weighted by atomic mass is 35.5. The Bertz CT molecular complexity index is 1650. The predicted octanol–water partition coefficient (Wildman–Crippen LogP) is 4.05. The number of ketones is 1. The fourth-order valence-electron chi connectivity index (χ4n) is 4.56. The first kappa shape index (κ1) is 39.1. The predicted molar refractivity (Wildman–Crippen MR) is 174 cm³/mol. The van der Waals surface area contributed by atoms with Crippen LogP contribution in [0.5, 0.6) is 17.2 Å². The van der Waals surface area contributed by atoms with Gasteiger partial charge in [-0.15, -0.1) is 0 Å². The highest BCUT2D eigenvalue weighted by Crippen LogP contribution is 2.24. The first-order valence-electron chi connectivity index (χ1n) is 15.0. The van der Waals surface area contributed by atoms with Crippen LogP contribution in [0.4, 0.5) is 13.2 Å². The first-order valence-corrected chi connectivity index (χ1v) is 15.4. The molecule has 0 fully saturated rings. The molecule has 3 aromatic carbocycles. The quantitative estimate of drug-likeness (QED) is 0.161. The maximum absolute atomic E-state index is 13.8. The summed E-state index contributed by atoms with van der Waals surface area (Å²) in [5.41, 5.74) is 0.669. The second-order valence-corrected chi connectivity index (χ2v) is 11.6. The molecule has 16 heteroatoms. The number of carboxylic acid groups (broad SMARTS) is 1. The molecule has 3 aromatic rings. The van der Waals surface area contributed by atoms with E-state index in [1.807, 2.05) is 0 Å². The van der Waals surface area contributed by atoms with E-state index >= 15 is 0 Å². The minimum Gasteiger partial charge on any atom is -0.497 e. The Balaban J connectivity index is 1.85. The van der Waals surface area contributed by atoms with Crippen molar-refractivity contribution in [1.29, 1.82) is 0 Å². The van der Waals surface area contributed by atoms with Crippen molar-refractivity contribution in [2.24, 2.45) is 5.92 Å². The van der Waals surface area contributed by atoms with Crippen molar-refractivity contribution in [3.63, 3.8) is 0 Å². The van der Waals surface area contributed by atoms with Gasteiger partial charge in [-0.05, 0) is 65.6 Å². The molecule has 268 valence electrons. The van der Waals surface area contributed by atoms with E-state index in [9.17, 15) is 37.1 Å². The van der Waals surface area contributed by atoms with Crippen LogP contribution in [0.1, 0.15) is 31.0 Å². The van der Waals surface area contributed by atoms with Crippen LogP contribution in [0.25, 0.3) is 0 Å². The number of hydrogen-bond donors (Lipinski definition) is 4. The highest BCUT2D eigenvalue weighted by Gasteiger charge is 2.45. The van der Waals surface area contributed by atoms with Crippen LogP contribution in [-0.2, 0) is 30.4 Å². The average Bonchev–Trinajstić information content (AvgIpc) is 3.07. The van der Waals surface area contributed by atoms with Gasteiger partial charge < -0.3 is 35.3 Å². The molecular weight excluding hydrogens is 687 g/mol. The number of benzene rings is 3. The van der Waals surface area contributed by atoms with Crippen molar-refractivity contribution in [1.82, 2.24) is 16.0 Å². The standard InChI is InChI=1S/C34H35ClF3N3O9/c1-19(2)29(31(45)34(36,37)38)40-33(47)30(21-7-9-23(48-3)10-8-21)41-32(46)26(16-20-5-4-6-22(35)15-20)39-27(42)17-49-24-11-13-25(14-12-24)50-18-28(43)44/h4-15,19,26,29-30H,16-18H2,1-3H3,(H,39,42)(H,40,47)(H,41,46)(H,43,44)/t26?,29-,30?/m0/s1. The van der Waals surface area contributed by atoms with E-state index in [4.69, 9.17) is 30.9 Å². The Kier molecular flexibility index (Phi) is 14.0. The second kappa shape index (κ2) is 17.9. The number of ether oxygens (including phenoxy) is 3. The van der Waals surface area contributed by atoms with Crippen LogP contribution in [0.15, 0.2) is 72.8 Å². The lowest BCUT2D eigenvalue weighted by Gasteiger charge is -2.27. The van der Waals surface area contributed by atoms with Gasteiger partial charge in [0.15, 0.2) is 13.2 Å². The van der Waals surface area contributed by atoms with Gasteiger partial charge in [0.2, 0.25) is 11.8 Å². The van der Waals surface area contributed by atoms with Gasteiger partial charge in [-0.3, -0.25) is 19.2 Å². The summed E-state index contributed by atoms with van der Waals surface area (Å²) in [6.07, 6.45) is -5.35. The van der Waals surface area contributed by atoms with Crippen LogP contribution >= 0.6 is 11.6 Å². The molecule has 3 amide bonds. The topological polar surface area (TPSA) is 169 Å². The number of amides is 3. The summed E-state index contributed by atoms with van der Waals surface area (Å²) in [6, 6.07) is 13.0. The average molecular weight is 722 g/mol. The van der Waals surface area contributed by atoms with Gasteiger partial charge in [0.05, 0.1) is 13.2 Å². The van der Waals surface area contributed by atoms with Crippen LogP contribution < -0.4 is 30.2 Å². The SMILES string of the molecule is COc1ccc(C(NC(=O)C(Cc2cccc(Cl)c2)NC(=O)COc2ccc(OCC(=O)O)cc2)C(=O)N[C@H](C(=O)C(F)(F)F)C(C)C)cc1. The van der Waals surface area contributed by atoms with Crippen LogP contribution in [-0.4, -0.2) is 73.2 Å². The zero-order valence-corrected chi connectivity index (χ0v) is 27.8. The maximum atomic E-state index is 13.8. The van der Waals surface area contributed by atoms with Gasteiger partial charge in [-0.2, -0.15) is 13.2 Å². The number of halogens is 4. The summed E-state index contributed by atoms with van der Waals surface area (Å²) in [5, 5.41) is 16.3. The van der Waals surface area contributed by atoms with Gasteiger partial charge in [0.1, 0.15) is 29.3 Å². The molecule has 0 bridgehead atoms. The van der Waals surface area contributed by atoms with E-state index in [0.29, 0.717) is 16.3 Å². The van der Waals surface area contributed by atoms with Gasteiger partial charge in [0, 0.05) is 11.4 Å². The summed E-state index contributed by atoms with van der Waals surface area (Å²) < 4.78 is 55.8. The molecule has 0 saturated carbocycles. The molecule has 4 N–H and O–H groups in total. The third-order valence-electron chi connectivity index (χ3n) is 7.06. The lowest BCUT2D eigenvalue weighted by Crippen LogP contribution is -2.55. The van der Waals surface area contributed by atoms with Crippen LogP contribution in [0, 0.1) is 5.92 Å². The Labute approximate surface area is 290 Å². The largest absolute Gasteiger partial charge is 0.497 e. The lowest BCUT2D eigenvalue weighted by atomic mass is 9.97. The van der Waals surface area contributed by atoms with Crippen molar-refractivity contribution in [2.75, 3.05) is 20.3 Å². The molecule has 0 heterocycles. The molecule has 0 aliphatic heterocycles. The van der Waals surface area contributed by atoms with E-state index in [2.05, 4.69) is 16.0 Å². The van der Waals surface area contributed by atoms with Crippen molar-refractivity contribution >= 4 is 41.1 Å². The minimum atomic E-state index is -5.23. The molecular formula is C34H35ClF3N3O9. The number of carbonyl (C=O) groups is 5. The van der Waals surface area contributed by atoms with E-state index in [0.717, 1.165) is 0 Å². The Morgan fingerprint density at radius 1 is 0.800 bits per heavy atom. The zero-order chi connectivity index (χ0) is 37.0. The molecule has 0 aliphatic carbocycles. The highest BCUT2D eigenvalue weighted by molar-refractivity contribution is 6.30. The van der Waals surface area contributed by atoms with E-state index < -0.39 is 72.9 Å². The Hall–Kier alpha value is -5.31. The van der Waals surface area contributed by atoms with Gasteiger partial charge >= 0.3 is 12.1 Å². The molecule has 50 heavy (non-hydrogen) atoms. The summed E-state index contributed by atoms with van der Waals surface area (Å²) >= 11 is 6.12. The normalized spacial score (nSPS) is 13.0. The monoisotopic (exact) mass is 721 g/mol. The van der Waals surface area contributed by atoms with E-state index in [1.165, 1.54) is 69.5 Å². The molecule has 0 aromatic heterocycles. The van der Waals surface area contributed by atoms with Gasteiger partial charge in [-0.1, -0.05) is 49.7 Å². The van der Waals surface area contributed by atoms with Gasteiger partial charge in [0.25, 0.3) is 11.7 Å². The molecule has 12 nitrogen and oxygen atoms in total. The number of alkyl halides is 3. The number of nitrogens with one attached hydrogen (secondary N) is 3. The Morgan fingerprint density at radius 3 is 1.90 bits per heavy atom. The number of carboxylic acids is 1. The molecule has 0 spiro atoms. The van der Waals surface area contributed by atoms with E-state index in [1.54, 1.807) is 24.3 Å². The fourth-order valence-corrected chi connectivity index (χ4v) is 4.77. The molecule has 0 radical (unpaired) electrons. The molecule has 0 aliphatic rings. The molecule has 3 rings (SSSR count). The van der Waals surface area contributed by atoms with Crippen LogP contribution in [0.3, 0.4) is 0 Å². The summed E-state index contributed by atoms with van der Waals surface area (Å²) in [4.78, 5) is 63.2. The third-order valence-corrected chi connectivity index (χ3v) is 7.30. The second-order valence-electron chi connectivity index (χ2n) is 11.2. The number of methoxy groups -OCH3 is 1. The summed E-state index contributed by atoms with van der Waals surface area (Å²) in [7, 11) is 1.40. The van der Waals surface area contributed by atoms with E-state index in [-0.39, 0.29) is 23.5 Å². The van der Waals surface area contributed by atoms with Crippen LogP contribution in [0.2, 0.25) is 5.02 Å². The number of hydrogen-bond acceptors (Lipinski definition) is 8. The van der Waals surface area contributed by atoms with Crippen molar-refractivity contribution in [3.05, 3.63) is 88.9 Å². The number of Topliss-reactive ketones (excluding diaryl/α,β-unsaturated/α-hetero) is 1. The summed E-state index contributed by atoms with van der Waals surface area (Å²) in [5.74, 6) is -6.16. The first-order chi connectivity index (χ1) is 23.6. The van der Waals surface area contributed by atoms with Crippen molar-refractivity contribution < 1.29 is 56.5 Å². The number of aliphatic carboxylic acids is 1. The van der Waals surface area contributed by atoms with Crippen molar-refractivity contribution in [2.45, 2.75) is 44.6 Å². The molecule has 3 atom stereocenters. The molecule has 2 unspecified atom stereocenters. The fraction of sp³-hybridized carbons (Fsp3) is 0.324. The zero-order valence-electron chi connectivity index (χ0n) is 27.1. The molecule has 0 saturated heterocycles. The third kappa shape index (κ3) is 12.0. The Morgan fingerprint density at radius 2 is 1.38 bits per heavy atom. The smallest absolute Gasteiger partial charge is 0.452 e. The number of carbonyl (C=O) groups excluding carboxylic acids is 4. The lowest BCUT2D eigenvalue weighted by molar-refractivity contribution is -0.175. The minimum absolute atomic E-state index is 0.119. The summed E-state index contributed by atoms with van der Waals surface area (Å²) in [6.45, 7) is 1.54. The van der Waals surface area contributed by atoms with Crippen molar-refractivity contribution in [3.8, 4) is 17.2 Å². The maximum Gasteiger partial charge on any atom is 0.452 e.